The Morgan fingerprint density at radius 1 is 1.41 bits per heavy atom. The molecule has 17 heavy (non-hydrogen) atoms. The molecule has 0 aliphatic carbocycles. The van der Waals surface area contributed by atoms with Crippen molar-refractivity contribution in [2.75, 3.05) is 0 Å². The van der Waals surface area contributed by atoms with Gasteiger partial charge in [0.25, 0.3) is 0 Å². The molecule has 0 fully saturated rings. The first kappa shape index (κ1) is 12.7. The van der Waals surface area contributed by atoms with Crippen molar-refractivity contribution in [3.63, 3.8) is 0 Å². The lowest BCUT2D eigenvalue weighted by Crippen LogP contribution is -1.98. The number of hydrogen-bond acceptors (Lipinski definition) is 3. The van der Waals surface area contributed by atoms with Crippen LogP contribution in [0.1, 0.15) is 10.5 Å². The van der Waals surface area contributed by atoms with Crippen molar-refractivity contribution in [2.45, 2.75) is 0 Å². The summed E-state index contributed by atoms with van der Waals surface area (Å²) < 4.78 is 14.2. The first-order chi connectivity index (χ1) is 7.99. The standard InChI is InChI=1S/C10H4Br2FNO2S/c11-6-2-1-4(13)3-5(6)8-7(9(15)16)14-10(12)17-8/h1-3H,(H,15,16). The van der Waals surface area contributed by atoms with Gasteiger partial charge in [-0.25, -0.2) is 14.2 Å². The van der Waals surface area contributed by atoms with Crippen LogP contribution in [-0.2, 0) is 0 Å². The van der Waals surface area contributed by atoms with Gasteiger partial charge in [-0.15, -0.1) is 11.3 Å². The molecular formula is C10H4Br2FNO2S. The van der Waals surface area contributed by atoms with Crippen LogP contribution < -0.4 is 0 Å². The SMILES string of the molecule is O=C(O)c1nc(Br)sc1-c1cc(F)ccc1Br. The number of benzene rings is 1. The molecule has 0 saturated heterocycles. The van der Waals surface area contributed by atoms with Crippen molar-refractivity contribution in [3.05, 3.63) is 38.1 Å². The van der Waals surface area contributed by atoms with Gasteiger partial charge in [0.2, 0.25) is 0 Å². The van der Waals surface area contributed by atoms with Crippen LogP contribution >= 0.6 is 43.2 Å². The highest BCUT2D eigenvalue weighted by Gasteiger charge is 2.20. The number of halogens is 3. The van der Waals surface area contributed by atoms with Crippen LogP contribution in [0.2, 0.25) is 0 Å². The zero-order valence-electron chi connectivity index (χ0n) is 8.08. The fourth-order valence-electron chi connectivity index (χ4n) is 1.29. The highest BCUT2D eigenvalue weighted by Crippen LogP contribution is 2.37. The van der Waals surface area contributed by atoms with E-state index in [9.17, 15) is 9.18 Å². The minimum atomic E-state index is -1.14. The second-order valence-corrected chi connectivity index (χ2v) is 6.20. The summed E-state index contributed by atoms with van der Waals surface area (Å²) in [6.45, 7) is 0. The van der Waals surface area contributed by atoms with Crippen LogP contribution in [0.4, 0.5) is 4.39 Å². The normalized spacial score (nSPS) is 10.5. The quantitative estimate of drug-likeness (QED) is 0.850. The number of nitrogens with zero attached hydrogens (tertiary/aromatic N) is 1. The van der Waals surface area contributed by atoms with Crippen molar-refractivity contribution in [1.29, 1.82) is 0 Å². The van der Waals surface area contributed by atoms with Crippen molar-refractivity contribution in [2.24, 2.45) is 0 Å². The zero-order chi connectivity index (χ0) is 12.6. The number of thiazole rings is 1. The van der Waals surface area contributed by atoms with Crippen LogP contribution in [0.5, 0.6) is 0 Å². The van der Waals surface area contributed by atoms with E-state index >= 15 is 0 Å². The van der Waals surface area contributed by atoms with Gasteiger partial charge in [-0.1, -0.05) is 15.9 Å². The summed E-state index contributed by atoms with van der Waals surface area (Å²) in [5.41, 5.74) is 0.388. The number of hydrogen-bond donors (Lipinski definition) is 1. The third-order valence-electron chi connectivity index (χ3n) is 1.98. The van der Waals surface area contributed by atoms with E-state index in [1.807, 2.05) is 0 Å². The largest absolute Gasteiger partial charge is 0.476 e. The molecule has 2 aromatic rings. The molecule has 1 N–H and O–H groups in total. The predicted octanol–water partition coefficient (Wildman–Crippen LogP) is 4.17. The molecule has 0 saturated carbocycles. The van der Waals surface area contributed by atoms with Crippen LogP contribution in [-0.4, -0.2) is 16.1 Å². The second kappa shape index (κ2) is 4.83. The van der Waals surface area contributed by atoms with Gasteiger partial charge in [0.15, 0.2) is 9.61 Å². The number of aromatic nitrogens is 1. The summed E-state index contributed by atoms with van der Waals surface area (Å²) >= 11 is 7.54. The fourth-order valence-corrected chi connectivity index (χ4v) is 3.35. The molecule has 0 unspecified atom stereocenters. The summed E-state index contributed by atoms with van der Waals surface area (Å²) in [4.78, 5) is 15.3. The Kier molecular flexibility index (Phi) is 3.60. The van der Waals surface area contributed by atoms with E-state index in [4.69, 9.17) is 5.11 Å². The molecule has 7 heteroatoms. The number of aromatic carboxylic acids is 1. The van der Waals surface area contributed by atoms with E-state index in [-0.39, 0.29) is 5.69 Å². The van der Waals surface area contributed by atoms with Crippen LogP contribution in [0.25, 0.3) is 10.4 Å². The molecule has 0 bridgehead atoms. The summed E-state index contributed by atoms with van der Waals surface area (Å²) in [6, 6.07) is 4.10. The predicted molar refractivity (Wildman–Crippen MR) is 69.9 cm³/mol. The lowest BCUT2D eigenvalue weighted by molar-refractivity contribution is 0.0692. The minimum absolute atomic E-state index is 0.0897. The molecule has 1 aromatic heterocycles. The lowest BCUT2D eigenvalue weighted by Gasteiger charge is -2.02. The van der Waals surface area contributed by atoms with E-state index in [1.165, 1.54) is 18.2 Å². The minimum Gasteiger partial charge on any atom is -0.476 e. The highest BCUT2D eigenvalue weighted by molar-refractivity contribution is 9.11. The van der Waals surface area contributed by atoms with E-state index in [2.05, 4.69) is 36.8 Å². The molecule has 1 aromatic carbocycles. The molecule has 0 atom stereocenters. The Morgan fingerprint density at radius 3 is 2.76 bits per heavy atom. The highest BCUT2D eigenvalue weighted by atomic mass is 79.9. The average Bonchev–Trinajstić information content (AvgIpc) is 2.64. The Hall–Kier alpha value is -0.790. The molecule has 0 amide bonds. The van der Waals surface area contributed by atoms with Gasteiger partial charge >= 0.3 is 5.97 Å². The lowest BCUT2D eigenvalue weighted by atomic mass is 10.1. The van der Waals surface area contributed by atoms with Gasteiger partial charge in [-0.3, -0.25) is 0 Å². The number of carboxylic acids is 1. The number of carbonyl (C=O) groups is 1. The maximum absolute atomic E-state index is 13.2. The van der Waals surface area contributed by atoms with Crippen molar-refractivity contribution in [1.82, 2.24) is 4.98 Å². The third kappa shape index (κ3) is 2.56. The Balaban J connectivity index is 2.67. The summed E-state index contributed by atoms with van der Waals surface area (Å²) in [5, 5.41) is 9.01. The van der Waals surface area contributed by atoms with Gasteiger partial charge in [0.1, 0.15) is 5.82 Å². The molecular weight excluding hydrogens is 377 g/mol. The summed E-state index contributed by atoms with van der Waals surface area (Å²) in [5.74, 6) is -1.57. The molecule has 2 rings (SSSR count). The van der Waals surface area contributed by atoms with Crippen LogP contribution in [0.15, 0.2) is 26.6 Å². The molecule has 1 heterocycles. The fraction of sp³-hybridized carbons (Fsp3) is 0. The Labute approximate surface area is 117 Å². The maximum Gasteiger partial charge on any atom is 0.356 e. The second-order valence-electron chi connectivity index (χ2n) is 3.07. The van der Waals surface area contributed by atoms with Gasteiger partial charge in [0.05, 0.1) is 4.88 Å². The van der Waals surface area contributed by atoms with Crippen molar-refractivity contribution in [3.8, 4) is 10.4 Å². The van der Waals surface area contributed by atoms with Crippen molar-refractivity contribution < 1.29 is 14.3 Å². The first-order valence-electron chi connectivity index (χ1n) is 4.34. The van der Waals surface area contributed by atoms with Gasteiger partial charge in [-0.2, -0.15) is 0 Å². The monoisotopic (exact) mass is 379 g/mol. The molecule has 3 nitrogen and oxygen atoms in total. The molecule has 0 radical (unpaired) electrons. The van der Waals surface area contributed by atoms with E-state index in [1.54, 1.807) is 0 Å². The Bertz CT molecular complexity index is 600. The Morgan fingerprint density at radius 2 is 2.12 bits per heavy atom. The van der Waals surface area contributed by atoms with Gasteiger partial charge in [0, 0.05) is 10.0 Å². The first-order valence-corrected chi connectivity index (χ1v) is 6.74. The van der Waals surface area contributed by atoms with E-state index < -0.39 is 11.8 Å². The third-order valence-corrected chi connectivity index (χ3v) is 4.21. The zero-order valence-corrected chi connectivity index (χ0v) is 12.1. The summed E-state index contributed by atoms with van der Waals surface area (Å²) in [7, 11) is 0. The van der Waals surface area contributed by atoms with E-state index in [0.717, 1.165) is 11.3 Å². The maximum atomic E-state index is 13.2. The van der Waals surface area contributed by atoms with Gasteiger partial charge in [-0.05, 0) is 34.1 Å². The number of carboxylic acid groups (broad SMARTS) is 1. The van der Waals surface area contributed by atoms with Crippen molar-refractivity contribution >= 4 is 49.2 Å². The molecule has 0 aliphatic rings. The summed E-state index contributed by atoms with van der Waals surface area (Å²) in [6.07, 6.45) is 0. The smallest absolute Gasteiger partial charge is 0.356 e. The number of rotatable bonds is 2. The van der Waals surface area contributed by atoms with E-state index in [0.29, 0.717) is 18.8 Å². The van der Waals surface area contributed by atoms with Crippen LogP contribution in [0, 0.1) is 5.82 Å². The topological polar surface area (TPSA) is 50.2 Å². The average molecular weight is 381 g/mol. The molecule has 0 aliphatic heterocycles. The molecule has 88 valence electrons. The van der Waals surface area contributed by atoms with Gasteiger partial charge < -0.3 is 5.11 Å². The molecule has 0 spiro atoms. The van der Waals surface area contributed by atoms with Crippen LogP contribution in [0.3, 0.4) is 0 Å².